The Kier molecular flexibility index (Phi) is 8.52. The zero-order valence-electron chi connectivity index (χ0n) is 18.8. The summed E-state index contributed by atoms with van der Waals surface area (Å²) in [6.07, 6.45) is 26.1. The minimum Gasteiger partial charge on any atom is -0.100 e. The zero-order valence-corrected chi connectivity index (χ0v) is 20.4. The normalized spacial score (nSPS) is 37.3. The van der Waals surface area contributed by atoms with Crippen LogP contribution in [-0.2, 0) is 0 Å². The summed E-state index contributed by atoms with van der Waals surface area (Å²) < 4.78 is -0.444. The van der Waals surface area contributed by atoms with E-state index in [0.29, 0.717) is 0 Å². The maximum absolute atomic E-state index is 7.23. The fourth-order valence-corrected chi connectivity index (χ4v) is 8.09. The Labute approximate surface area is 185 Å². The highest BCUT2D eigenvalue weighted by molar-refractivity contribution is 6.50. The van der Waals surface area contributed by atoms with Crippen LogP contribution >= 0.6 is 23.2 Å². The number of alkyl halides is 2. The highest BCUT2D eigenvalue weighted by Crippen LogP contribution is 2.76. The van der Waals surface area contributed by atoms with Gasteiger partial charge in [0.05, 0.1) is 0 Å². The van der Waals surface area contributed by atoms with E-state index in [1.165, 1.54) is 122 Å². The molecular weight excluding hydrogens is 383 g/mol. The molecule has 0 aromatic heterocycles. The second-order valence-corrected chi connectivity index (χ2v) is 12.2. The molecule has 0 atom stereocenters. The first-order valence-electron chi connectivity index (χ1n) is 12.9. The number of hydrogen-bond acceptors (Lipinski definition) is 0. The highest BCUT2D eigenvalue weighted by Gasteiger charge is 2.72. The largest absolute Gasteiger partial charge is 0.129 e. The van der Waals surface area contributed by atoms with Crippen molar-refractivity contribution in [1.82, 2.24) is 0 Å². The third-order valence-electron chi connectivity index (χ3n) is 9.07. The van der Waals surface area contributed by atoms with Crippen molar-refractivity contribution in [3.8, 4) is 0 Å². The van der Waals surface area contributed by atoms with Gasteiger partial charge in [-0.1, -0.05) is 78.1 Å². The smallest absolute Gasteiger partial charge is 0.100 e. The van der Waals surface area contributed by atoms with Crippen LogP contribution in [0.3, 0.4) is 0 Å². The molecule has 28 heavy (non-hydrogen) atoms. The molecule has 3 aliphatic carbocycles. The van der Waals surface area contributed by atoms with Gasteiger partial charge in [0, 0.05) is 10.8 Å². The fraction of sp³-hybridized carbons (Fsp3) is 1.00. The summed E-state index contributed by atoms with van der Waals surface area (Å²) in [5.74, 6) is 1.89. The summed E-state index contributed by atoms with van der Waals surface area (Å²) in [5, 5.41) is 0. The van der Waals surface area contributed by atoms with Gasteiger partial charge in [0.2, 0.25) is 0 Å². The van der Waals surface area contributed by atoms with Gasteiger partial charge in [-0.2, -0.15) is 0 Å². The second-order valence-electron chi connectivity index (χ2n) is 10.9. The quantitative estimate of drug-likeness (QED) is 0.239. The molecule has 0 aliphatic heterocycles. The van der Waals surface area contributed by atoms with Gasteiger partial charge in [0.25, 0.3) is 0 Å². The lowest BCUT2D eigenvalue weighted by Gasteiger charge is -2.69. The van der Waals surface area contributed by atoms with Gasteiger partial charge in [-0.25, -0.2) is 0 Å². The Balaban J connectivity index is 1.42. The topological polar surface area (TPSA) is 0 Å². The molecule has 0 unspecified atom stereocenters. The predicted octanol–water partition coefficient (Wildman–Crippen LogP) is 9.86. The third kappa shape index (κ3) is 4.74. The lowest BCUT2D eigenvalue weighted by Crippen LogP contribution is -2.66. The molecule has 0 bridgehead atoms. The third-order valence-corrected chi connectivity index (χ3v) is 10.7. The van der Waals surface area contributed by atoms with Gasteiger partial charge in [-0.3, -0.25) is 0 Å². The molecule has 2 heteroatoms. The van der Waals surface area contributed by atoms with Crippen LogP contribution in [0.15, 0.2) is 0 Å². The molecule has 3 aliphatic rings. The van der Waals surface area contributed by atoms with Crippen LogP contribution in [0.5, 0.6) is 0 Å². The van der Waals surface area contributed by atoms with Gasteiger partial charge < -0.3 is 0 Å². The Morgan fingerprint density at radius 2 is 1.00 bits per heavy atom. The average molecular weight is 430 g/mol. The van der Waals surface area contributed by atoms with Crippen LogP contribution < -0.4 is 0 Å². The Morgan fingerprint density at radius 1 is 0.607 bits per heavy atom. The molecule has 0 nitrogen and oxygen atoms in total. The van der Waals surface area contributed by atoms with Crippen LogP contribution in [0.1, 0.15) is 136 Å². The van der Waals surface area contributed by atoms with E-state index in [1.54, 1.807) is 0 Å². The van der Waals surface area contributed by atoms with E-state index in [1.807, 2.05) is 0 Å². The summed E-state index contributed by atoms with van der Waals surface area (Å²) in [6, 6.07) is 0. The fourth-order valence-electron chi connectivity index (χ4n) is 7.06. The van der Waals surface area contributed by atoms with Crippen LogP contribution in [0.4, 0.5) is 0 Å². The molecule has 3 rings (SSSR count). The molecule has 2 spiro atoms. The number of rotatable bonds is 10. The molecule has 0 N–H and O–H groups in total. The minimum absolute atomic E-state index is 0.254. The molecule has 0 aromatic carbocycles. The minimum atomic E-state index is -0.444. The van der Waals surface area contributed by atoms with Crippen LogP contribution in [0.2, 0.25) is 0 Å². The monoisotopic (exact) mass is 428 g/mol. The summed E-state index contributed by atoms with van der Waals surface area (Å²) in [4.78, 5) is 0. The second kappa shape index (κ2) is 10.3. The molecule has 0 aromatic rings. The van der Waals surface area contributed by atoms with Gasteiger partial charge in [0.15, 0.2) is 0 Å². The van der Waals surface area contributed by atoms with E-state index in [9.17, 15) is 0 Å². The Bertz CT molecular complexity index is 413. The zero-order chi connectivity index (χ0) is 20.1. The van der Waals surface area contributed by atoms with E-state index in [4.69, 9.17) is 23.2 Å². The molecule has 0 amide bonds. The van der Waals surface area contributed by atoms with E-state index >= 15 is 0 Å². The van der Waals surface area contributed by atoms with Crippen molar-refractivity contribution in [1.29, 1.82) is 0 Å². The predicted molar refractivity (Wildman–Crippen MR) is 125 cm³/mol. The first kappa shape index (κ1) is 23.2. The van der Waals surface area contributed by atoms with E-state index in [0.717, 1.165) is 11.8 Å². The Morgan fingerprint density at radius 3 is 1.32 bits per heavy atom. The van der Waals surface area contributed by atoms with Crippen LogP contribution in [-0.4, -0.2) is 4.33 Å². The molecule has 0 saturated heterocycles. The van der Waals surface area contributed by atoms with Crippen molar-refractivity contribution in [3.63, 3.8) is 0 Å². The summed E-state index contributed by atoms with van der Waals surface area (Å²) in [5.41, 5.74) is 0.508. The van der Waals surface area contributed by atoms with Crippen LogP contribution in [0, 0.1) is 22.7 Å². The SMILES string of the molecule is CCCCCCC1CCC2(CC1)CC1(CCC(CCCCCC)CC1)C2(Cl)Cl. The van der Waals surface area contributed by atoms with Crippen molar-refractivity contribution in [2.75, 3.05) is 0 Å². The van der Waals surface area contributed by atoms with Crippen molar-refractivity contribution in [3.05, 3.63) is 0 Å². The lowest BCUT2D eigenvalue weighted by molar-refractivity contribution is -0.115. The molecule has 164 valence electrons. The highest BCUT2D eigenvalue weighted by atomic mass is 35.5. The number of unbranched alkanes of at least 4 members (excludes halogenated alkanes) is 6. The van der Waals surface area contributed by atoms with Crippen molar-refractivity contribution < 1.29 is 0 Å². The van der Waals surface area contributed by atoms with Crippen molar-refractivity contribution in [2.24, 2.45) is 22.7 Å². The lowest BCUT2D eigenvalue weighted by atomic mass is 9.43. The van der Waals surface area contributed by atoms with Gasteiger partial charge >= 0.3 is 0 Å². The van der Waals surface area contributed by atoms with Crippen molar-refractivity contribution in [2.45, 2.75) is 140 Å². The molecule has 0 heterocycles. The van der Waals surface area contributed by atoms with Gasteiger partial charge in [-0.05, 0) is 69.6 Å². The van der Waals surface area contributed by atoms with E-state index in [-0.39, 0.29) is 10.8 Å². The van der Waals surface area contributed by atoms with Gasteiger partial charge in [-0.15, -0.1) is 23.2 Å². The number of hydrogen-bond donors (Lipinski definition) is 0. The molecule has 3 fully saturated rings. The standard InChI is InChI=1S/C26H46Cl2/c1-3-5-7-9-11-22-13-17-24(18-14-22)21-25(26(24,27)28)19-15-23(16-20-25)12-10-8-6-4-2/h22-23H,3-21H2,1-2H3. The summed E-state index contributed by atoms with van der Waals surface area (Å²) in [7, 11) is 0. The first-order chi connectivity index (χ1) is 13.5. The summed E-state index contributed by atoms with van der Waals surface area (Å²) in [6.45, 7) is 4.61. The van der Waals surface area contributed by atoms with Crippen LogP contribution in [0.25, 0.3) is 0 Å². The maximum atomic E-state index is 7.23. The molecular formula is C26H46Cl2. The maximum Gasteiger partial charge on any atom is 0.129 e. The average Bonchev–Trinajstić information content (AvgIpc) is 2.71. The summed E-state index contributed by atoms with van der Waals surface area (Å²) >= 11 is 14.5. The Hall–Kier alpha value is 0.580. The van der Waals surface area contributed by atoms with E-state index in [2.05, 4.69) is 13.8 Å². The molecule has 0 radical (unpaired) electrons. The van der Waals surface area contributed by atoms with Crippen molar-refractivity contribution >= 4 is 23.2 Å². The first-order valence-corrected chi connectivity index (χ1v) is 13.6. The molecule has 3 saturated carbocycles. The van der Waals surface area contributed by atoms with Gasteiger partial charge in [0.1, 0.15) is 4.33 Å². The number of halogens is 2. The van der Waals surface area contributed by atoms with E-state index < -0.39 is 4.33 Å².